The summed E-state index contributed by atoms with van der Waals surface area (Å²) in [5, 5.41) is 8.84. The van der Waals surface area contributed by atoms with E-state index in [1.54, 1.807) is 4.90 Å². The minimum Gasteiger partial charge on any atom is -0.444 e. The number of carbonyl (C=O) groups is 2. The van der Waals surface area contributed by atoms with Crippen molar-refractivity contribution in [1.82, 2.24) is 25.1 Å². The Morgan fingerprint density at radius 2 is 1.84 bits per heavy atom. The highest BCUT2D eigenvalue weighted by atomic mass is 32.3. The maximum absolute atomic E-state index is 12.6. The summed E-state index contributed by atoms with van der Waals surface area (Å²) in [7, 11) is -4.81. The third kappa shape index (κ3) is 4.73. The number of hydroxylamine groups is 2. The molecule has 4 heterocycles. The summed E-state index contributed by atoms with van der Waals surface area (Å²) in [6.07, 6.45) is 0.536. The van der Waals surface area contributed by atoms with Crippen molar-refractivity contribution in [3.8, 4) is 0 Å². The number of aromatic nitrogens is 2. The molecule has 0 aromatic carbocycles. The molecule has 0 spiro atoms. The van der Waals surface area contributed by atoms with Crippen LogP contribution in [0.15, 0.2) is 4.42 Å². The van der Waals surface area contributed by atoms with Gasteiger partial charge < -0.3 is 23.9 Å². The lowest BCUT2D eigenvalue weighted by Gasteiger charge is -2.34. The number of fused-ring (bicyclic) bond motifs is 2. The van der Waals surface area contributed by atoms with Crippen molar-refractivity contribution in [1.29, 1.82) is 0 Å². The number of amides is 3. The molecule has 1 N–H and O–H groups in total. The smallest absolute Gasteiger partial charge is 0.418 e. The molecule has 0 aliphatic carbocycles. The number of hydrogen-bond donors (Lipinski definition) is 1. The van der Waals surface area contributed by atoms with Gasteiger partial charge in [0, 0.05) is 32.7 Å². The topological polar surface area (TPSA) is 159 Å². The third-order valence-electron chi connectivity index (χ3n) is 5.41. The van der Waals surface area contributed by atoms with E-state index in [4.69, 9.17) is 13.7 Å². The van der Waals surface area contributed by atoms with Gasteiger partial charge in [-0.05, 0) is 33.6 Å². The van der Waals surface area contributed by atoms with Gasteiger partial charge in [-0.2, -0.15) is 13.5 Å². The van der Waals surface area contributed by atoms with Crippen molar-refractivity contribution < 1.29 is 36.0 Å². The van der Waals surface area contributed by atoms with Crippen LogP contribution in [0.3, 0.4) is 0 Å². The van der Waals surface area contributed by atoms with Gasteiger partial charge in [0.05, 0.1) is 6.04 Å². The second-order valence-electron chi connectivity index (χ2n) is 8.89. The summed E-state index contributed by atoms with van der Waals surface area (Å²) in [4.78, 5) is 29.6. The highest BCUT2D eigenvalue weighted by Gasteiger charge is 2.49. The Morgan fingerprint density at radius 1 is 1.16 bits per heavy atom. The number of anilines is 1. The van der Waals surface area contributed by atoms with Crippen LogP contribution in [0.2, 0.25) is 0 Å². The van der Waals surface area contributed by atoms with Crippen LogP contribution in [-0.2, 0) is 19.4 Å². The summed E-state index contributed by atoms with van der Waals surface area (Å²) in [5.41, 5.74) is -0.566. The lowest BCUT2D eigenvalue weighted by Crippen LogP contribution is -2.50. The Bertz CT molecular complexity index is 983. The molecule has 2 bridgehead atoms. The molecule has 2 atom stereocenters. The van der Waals surface area contributed by atoms with Gasteiger partial charge in [0.25, 0.3) is 0 Å². The maximum atomic E-state index is 12.6. The number of piperazine rings is 1. The molecule has 2 unspecified atom stereocenters. The van der Waals surface area contributed by atoms with E-state index in [-0.39, 0.29) is 24.5 Å². The standard InChI is InChI=1S/C17H26N6O8S/c1-17(2,3)30-16(25)21-8-6-20(7-9-21)14-19-18-13(29-14)12-5-4-11-10-22(12)15(24)23(11)31-32(26,27)28/h11-12H,4-10H2,1-3H3,(H,26,27,28). The van der Waals surface area contributed by atoms with Gasteiger partial charge in [0.1, 0.15) is 11.6 Å². The number of urea groups is 1. The monoisotopic (exact) mass is 474 g/mol. The molecular weight excluding hydrogens is 448 g/mol. The zero-order valence-corrected chi connectivity index (χ0v) is 18.8. The van der Waals surface area contributed by atoms with Gasteiger partial charge in [-0.15, -0.1) is 9.38 Å². The predicted octanol–water partition coefficient (Wildman–Crippen LogP) is 0.802. The normalized spacial score (nSPS) is 24.3. The number of piperidine rings is 1. The minimum atomic E-state index is -4.81. The van der Waals surface area contributed by atoms with Crippen LogP contribution in [0.1, 0.15) is 45.5 Å². The average Bonchev–Trinajstić information content (AvgIpc) is 3.27. The summed E-state index contributed by atoms with van der Waals surface area (Å²) in [6, 6.07) is -1.44. The molecule has 14 nitrogen and oxygen atoms in total. The van der Waals surface area contributed by atoms with Crippen LogP contribution >= 0.6 is 0 Å². The summed E-state index contributed by atoms with van der Waals surface area (Å²) < 4.78 is 46.6. The molecule has 4 rings (SSSR count). The first-order chi connectivity index (χ1) is 14.9. The molecule has 3 fully saturated rings. The fourth-order valence-electron chi connectivity index (χ4n) is 3.98. The Balaban J connectivity index is 1.38. The van der Waals surface area contributed by atoms with Crippen LogP contribution < -0.4 is 4.90 Å². The summed E-state index contributed by atoms with van der Waals surface area (Å²) in [6.45, 7) is 7.48. The molecule has 3 aliphatic rings. The van der Waals surface area contributed by atoms with Crippen molar-refractivity contribution in [2.75, 3.05) is 37.6 Å². The fourth-order valence-corrected chi connectivity index (χ4v) is 4.37. The minimum absolute atomic E-state index is 0.214. The number of rotatable bonds is 4. The zero-order chi connectivity index (χ0) is 23.3. The molecule has 3 amide bonds. The molecule has 3 saturated heterocycles. The summed E-state index contributed by atoms with van der Waals surface area (Å²) >= 11 is 0. The molecule has 0 radical (unpaired) electrons. The van der Waals surface area contributed by atoms with Gasteiger partial charge in [-0.3, -0.25) is 4.55 Å². The quantitative estimate of drug-likeness (QED) is 0.615. The van der Waals surface area contributed by atoms with Crippen LogP contribution in [-0.4, -0.2) is 94.5 Å². The van der Waals surface area contributed by atoms with E-state index in [9.17, 15) is 18.0 Å². The fraction of sp³-hybridized carbons (Fsp3) is 0.765. The third-order valence-corrected chi connectivity index (χ3v) is 5.76. The van der Waals surface area contributed by atoms with E-state index in [0.717, 1.165) is 0 Å². The molecule has 3 aliphatic heterocycles. The lowest BCUT2D eigenvalue weighted by atomic mass is 10.0. The van der Waals surface area contributed by atoms with Crippen LogP contribution in [0.5, 0.6) is 0 Å². The largest absolute Gasteiger partial charge is 0.444 e. The Hall–Kier alpha value is -2.65. The van der Waals surface area contributed by atoms with Gasteiger partial charge >= 0.3 is 28.5 Å². The van der Waals surface area contributed by atoms with E-state index in [1.165, 1.54) is 4.90 Å². The lowest BCUT2D eigenvalue weighted by molar-refractivity contribution is -0.0317. The van der Waals surface area contributed by atoms with Gasteiger partial charge in [-0.25, -0.2) is 9.59 Å². The van der Waals surface area contributed by atoms with E-state index in [2.05, 4.69) is 14.5 Å². The SMILES string of the molecule is CC(C)(C)OC(=O)N1CCN(c2nnc(C3CCC4CN3C(=O)N4OS(=O)(=O)O)o2)CC1. The molecule has 1 aromatic heterocycles. The molecule has 32 heavy (non-hydrogen) atoms. The van der Waals surface area contributed by atoms with Crippen molar-refractivity contribution in [2.24, 2.45) is 0 Å². The van der Waals surface area contributed by atoms with Gasteiger partial charge in [0.15, 0.2) is 0 Å². The van der Waals surface area contributed by atoms with E-state index in [1.807, 2.05) is 25.7 Å². The van der Waals surface area contributed by atoms with E-state index >= 15 is 0 Å². The number of nitrogens with zero attached hydrogens (tertiary/aromatic N) is 6. The molecule has 0 saturated carbocycles. The maximum Gasteiger partial charge on any atom is 0.418 e. The number of hydrogen-bond acceptors (Lipinski definition) is 10. The number of ether oxygens (including phenoxy) is 1. The predicted molar refractivity (Wildman–Crippen MR) is 107 cm³/mol. The first-order valence-corrected chi connectivity index (χ1v) is 11.6. The van der Waals surface area contributed by atoms with Gasteiger partial charge in [-0.1, -0.05) is 5.10 Å². The van der Waals surface area contributed by atoms with Crippen molar-refractivity contribution >= 4 is 28.5 Å². The molecule has 1 aromatic rings. The Labute approximate surface area is 184 Å². The number of carbonyl (C=O) groups excluding carboxylic acids is 2. The molecule has 178 valence electrons. The van der Waals surface area contributed by atoms with Crippen LogP contribution in [0, 0.1) is 0 Å². The van der Waals surface area contributed by atoms with Crippen molar-refractivity contribution in [2.45, 2.75) is 51.3 Å². The highest BCUT2D eigenvalue weighted by molar-refractivity contribution is 7.80. The molecular formula is C17H26N6O8S. The van der Waals surface area contributed by atoms with E-state index in [0.29, 0.717) is 44.1 Å². The van der Waals surface area contributed by atoms with Crippen molar-refractivity contribution in [3.63, 3.8) is 0 Å². The van der Waals surface area contributed by atoms with Crippen LogP contribution in [0.25, 0.3) is 0 Å². The van der Waals surface area contributed by atoms with Gasteiger partial charge in [0.2, 0.25) is 5.89 Å². The second kappa shape index (κ2) is 8.04. The van der Waals surface area contributed by atoms with E-state index < -0.39 is 34.1 Å². The molecule has 15 heteroatoms. The first kappa shape index (κ1) is 22.5. The Kier molecular flexibility index (Phi) is 5.67. The zero-order valence-electron chi connectivity index (χ0n) is 18.0. The van der Waals surface area contributed by atoms with Crippen molar-refractivity contribution in [3.05, 3.63) is 5.89 Å². The van der Waals surface area contributed by atoms with Crippen LogP contribution in [0.4, 0.5) is 15.6 Å². The average molecular weight is 474 g/mol. The first-order valence-electron chi connectivity index (χ1n) is 10.2. The highest BCUT2D eigenvalue weighted by Crippen LogP contribution is 2.38. The summed E-state index contributed by atoms with van der Waals surface area (Å²) in [5.74, 6) is 0.232. The second-order valence-corrected chi connectivity index (χ2v) is 9.89. The Morgan fingerprint density at radius 3 is 2.47 bits per heavy atom.